The van der Waals surface area contributed by atoms with Crippen LogP contribution in [0, 0.1) is 37.0 Å². The molecule has 0 aliphatic heterocycles. The largest absolute Gasteiger partial charge is 0.490 e. The molecule has 0 aliphatic carbocycles. The van der Waals surface area contributed by atoms with Gasteiger partial charge in [0.25, 0.3) is 0 Å². The molecule has 0 radical (unpaired) electrons. The van der Waals surface area contributed by atoms with Crippen molar-refractivity contribution in [2.75, 3.05) is 32.8 Å². The first-order chi connectivity index (χ1) is 21.1. The third kappa shape index (κ3) is 19.4. The van der Waals surface area contributed by atoms with Crippen molar-refractivity contribution in [3.63, 3.8) is 0 Å². The Morgan fingerprint density at radius 1 is 0.512 bits per heavy atom. The first kappa shape index (κ1) is 38.5. The monoisotopic (exact) mass is 590 g/mol. The van der Waals surface area contributed by atoms with Gasteiger partial charge < -0.3 is 9.47 Å². The summed E-state index contributed by atoms with van der Waals surface area (Å²) in [5.41, 5.74) is 1.12. The van der Waals surface area contributed by atoms with Crippen LogP contribution in [0.2, 0.25) is 0 Å². The van der Waals surface area contributed by atoms with Crippen molar-refractivity contribution in [3.8, 4) is 48.5 Å². The van der Waals surface area contributed by atoms with E-state index in [1.165, 1.54) is 116 Å². The molecule has 3 heteroatoms. The molecule has 43 heavy (non-hydrogen) atoms. The van der Waals surface area contributed by atoms with Gasteiger partial charge in [-0.3, -0.25) is 4.48 Å². The lowest BCUT2D eigenvalue weighted by Gasteiger charge is -2.33. The van der Waals surface area contributed by atoms with Gasteiger partial charge in [-0.25, -0.2) is 0 Å². The molecule has 0 bridgehead atoms. The van der Waals surface area contributed by atoms with Crippen molar-refractivity contribution in [3.05, 3.63) is 23.8 Å². The Morgan fingerprint density at radius 2 is 0.884 bits per heavy atom. The highest BCUT2D eigenvalue weighted by molar-refractivity contribution is 5.43. The number of benzene rings is 1. The molecule has 0 saturated heterocycles. The third-order valence-electron chi connectivity index (χ3n) is 8.32. The molecule has 3 nitrogen and oxygen atoms in total. The predicted octanol–water partition coefficient (Wildman–Crippen LogP) is 10.5. The summed E-state index contributed by atoms with van der Waals surface area (Å²) in [7, 11) is 0. The van der Waals surface area contributed by atoms with Gasteiger partial charge in [-0.05, 0) is 48.8 Å². The molecule has 1 rings (SSSR count). The minimum atomic E-state index is 0.486. The summed E-state index contributed by atoms with van der Waals surface area (Å²) < 4.78 is 13.1. The number of terminal acetylenes is 3. The zero-order valence-corrected chi connectivity index (χ0v) is 28.1. The average molecular weight is 591 g/mol. The molecule has 0 amide bonds. The van der Waals surface area contributed by atoms with Crippen molar-refractivity contribution >= 4 is 0 Å². The Labute approximate surface area is 267 Å². The van der Waals surface area contributed by atoms with Crippen molar-refractivity contribution in [1.29, 1.82) is 0 Å². The molecule has 0 heterocycles. The standard InChI is InChI=1S/C40H64NO2/c1-6-11-13-15-17-19-21-23-25-27-34-42-39-30-29-38(37-41(31-8-3,32-9-4)33-10-5)36-40(39)43-35-28-26-24-22-20-18-16-14-12-7-2/h3-5,29-30,36H,6-7,11-28,31-35,37H2,1-2H3/q+1. The van der Waals surface area contributed by atoms with E-state index in [2.05, 4.69) is 49.8 Å². The average Bonchev–Trinajstić information content (AvgIpc) is 3.00. The van der Waals surface area contributed by atoms with Crippen LogP contribution in [0.15, 0.2) is 18.2 Å². The normalized spacial score (nSPS) is 11.0. The molecule has 0 N–H and O–H groups in total. The van der Waals surface area contributed by atoms with Gasteiger partial charge in [0.2, 0.25) is 0 Å². The maximum Gasteiger partial charge on any atom is 0.161 e. The van der Waals surface area contributed by atoms with Crippen LogP contribution in [0.1, 0.15) is 148 Å². The molecule has 0 unspecified atom stereocenters. The smallest absolute Gasteiger partial charge is 0.161 e. The SMILES string of the molecule is C#CC[N+](CC#C)(CC#C)Cc1ccc(OCCCCCCCCCCCC)c(OCCCCCCCCCCCC)c1. The summed E-state index contributed by atoms with van der Waals surface area (Å²) in [5.74, 6) is 10.0. The highest BCUT2D eigenvalue weighted by Crippen LogP contribution is 2.31. The highest BCUT2D eigenvalue weighted by Gasteiger charge is 2.25. The molecule has 0 spiro atoms. The van der Waals surface area contributed by atoms with Gasteiger partial charge in [-0.15, -0.1) is 19.3 Å². The number of rotatable bonds is 29. The van der Waals surface area contributed by atoms with E-state index in [4.69, 9.17) is 28.7 Å². The number of ether oxygens (including phenoxy) is 2. The van der Waals surface area contributed by atoms with Gasteiger partial charge in [-0.2, -0.15) is 0 Å². The minimum absolute atomic E-state index is 0.486. The summed E-state index contributed by atoms with van der Waals surface area (Å²) in [6, 6.07) is 6.27. The van der Waals surface area contributed by atoms with E-state index in [-0.39, 0.29) is 0 Å². The van der Waals surface area contributed by atoms with E-state index in [1.807, 2.05) is 0 Å². The molecule has 0 fully saturated rings. The molecule has 0 saturated carbocycles. The molecule has 0 aromatic heterocycles. The number of hydrogen-bond donors (Lipinski definition) is 0. The fourth-order valence-electron chi connectivity index (χ4n) is 5.73. The van der Waals surface area contributed by atoms with Crippen LogP contribution in [0.4, 0.5) is 0 Å². The van der Waals surface area contributed by atoms with Gasteiger partial charge >= 0.3 is 0 Å². The second-order valence-electron chi connectivity index (χ2n) is 12.4. The summed E-state index contributed by atoms with van der Waals surface area (Å²) in [4.78, 5) is 0. The third-order valence-corrected chi connectivity index (χ3v) is 8.32. The molecule has 1 aromatic rings. The van der Waals surface area contributed by atoms with Crippen molar-refractivity contribution in [2.45, 2.75) is 149 Å². The van der Waals surface area contributed by atoms with E-state index in [1.54, 1.807) is 0 Å². The number of quaternary nitrogens is 1. The van der Waals surface area contributed by atoms with Gasteiger partial charge in [0.05, 0.1) is 13.2 Å². The van der Waals surface area contributed by atoms with E-state index in [0.29, 0.717) is 37.3 Å². The Balaban J connectivity index is 2.63. The topological polar surface area (TPSA) is 18.5 Å². The second kappa shape index (κ2) is 27.0. The van der Waals surface area contributed by atoms with Crippen LogP contribution in [0.25, 0.3) is 0 Å². The molecule has 240 valence electrons. The molecule has 0 atom stereocenters. The minimum Gasteiger partial charge on any atom is -0.490 e. The molecule has 1 aromatic carbocycles. The Kier molecular flexibility index (Phi) is 24.2. The van der Waals surface area contributed by atoms with E-state index in [0.717, 1.165) is 36.5 Å². The number of hydrogen-bond acceptors (Lipinski definition) is 2. The van der Waals surface area contributed by atoms with Crippen LogP contribution < -0.4 is 9.47 Å². The van der Waals surface area contributed by atoms with Crippen molar-refractivity contribution in [1.82, 2.24) is 0 Å². The van der Waals surface area contributed by atoms with Crippen molar-refractivity contribution in [2.24, 2.45) is 0 Å². The van der Waals surface area contributed by atoms with Gasteiger partial charge in [0.15, 0.2) is 11.5 Å². The maximum atomic E-state index is 6.34. The van der Waals surface area contributed by atoms with Crippen LogP contribution in [-0.4, -0.2) is 37.3 Å². The van der Waals surface area contributed by atoms with Gasteiger partial charge in [-0.1, -0.05) is 129 Å². The number of nitrogens with zero attached hydrogens (tertiary/aromatic N) is 1. The molecule has 0 aliphatic rings. The summed E-state index contributed by atoms with van der Waals surface area (Å²) in [5, 5.41) is 0. The van der Waals surface area contributed by atoms with E-state index >= 15 is 0 Å². The quantitative estimate of drug-likeness (QED) is 0.0525. The summed E-state index contributed by atoms with van der Waals surface area (Å²) >= 11 is 0. The lowest BCUT2D eigenvalue weighted by atomic mass is 10.1. The zero-order valence-electron chi connectivity index (χ0n) is 28.1. The second-order valence-corrected chi connectivity index (χ2v) is 12.4. The Bertz CT molecular complexity index is 890. The zero-order chi connectivity index (χ0) is 31.3. The fraction of sp³-hybridized carbons (Fsp3) is 0.700. The van der Waals surface area contributed by atoms with E-state index < -0.39 is 0 Å². The van der Waals surface area contributed by atoms with Crippen LogP contribution in [-0.2, 0) is 6.54 Å². The lowest BCUT2D eigenvalue weighted by Crippen LogP contribution is -2.48. The number of unbranched alkanes of at least 4 members (excludes halogenated alkanes) is 18. The molecular weight excluding hydrogens is 526 g/mol. The first-order valence-corrected chi connectivity index (χ1v) is 17.7. The summed E-state index contributed by atoms with van der Waals surface area (Å²) in [6.45, 7) is 8.14. The maximum absolute atomic E-state index is 6.34. The van der Waals surface area contributed by atoms with E-state index in [9.17, 15) is 0 Å². The van der Waals surface area contributed by atoms with Crippen molar-refractivity contribution < 1.29 is 14.0 Å². The fourth-order valence-corrected chi connectivity index (χ4v) is 5.73. The lowest BCUT2D eigenvalue weighted by molar-refractivity contribution is -0.921. The molecular formula is C40H64NO2+. The van der Waals surface area contributed by atoms with Gasteiger partial charge in [0, 0.05) is 5.56 Å². The Hall–Kier alpha value is -2.54. The Morgan fingerprint density at radius 3 is 1.28 bits per heavy atom. The van der Waals surface area contributed by atoms with Crippen LogP contribution >= 0.6 is 0 Å². The van der Waals surface area contributed by atoms with Crippen LogP contribution in [0.3, 0.4) is 0 Å². The van der Waals surface area contributed by atoms with Crippen LogP contribution in [0.5, 0.6) is 11.5 Å². The summed E-state index contributed by atoms with van der Waals surface area (Å²) in [6.07, 6.45) is 43.4. The van der Waals surface area contributed by atoms with Gasteiger partial charge in [0.1, 0.15) is 26.2 Å². The predicted molar refractivity (Wildman–Crippen MR) is 186 cm³/mol. The first-order valence-electron chi connectivity index (χ1n) is 17.7. The highest BCUT2D eigenvalue weighted by atomic mass is 16.5.